The van der Waals surface area contributed by atoms with E-state index < -0.39 is 22.8 Å². The van der Waals surface area contributed by atoms with Crippen LogP contribution in [-0.4, -0.2) is 29.0 Å². The number of amides is 1. The SMILES string of the molecule is O=C(N/N=C/c1ccc(OC(=O)c2ccc(Cl)cc2)cc1OC(=O)c1ccc(Cl)cc1)c1cccc([N+](=O)[O-])c1. The molecule has 0 atom stereocenters. The van der Waals surface area contributed by atoms with Gasteiger partial charge in [-0.25, -0.2) is 15.0 Å². The number of hydrogen-bond donors (Lipinski definition) is 1. The molecule has 0 aliphatic carbocycles. The monoisotopic (exact) mass is 577 g/mol. The second kappa shape index (κ2) is 12.7. The van der Waals surface area contributed by atoms with Crippen molar-refractivity contribution in [3.05, 3.63) is 133 Å². The second-order valence-corrected chi connectivity index (χ2v) is 8.87. The molecular weight excluding hydrogens is 561 g/mol. The Morgan fingerprint density at radius 2 is 1.38 bits per heavy atom. The number of carbonyl (C=O) groups is 3. The van der Waals surface area contributed by atoms with Gasteiger partial charge in [-0.3, -0.25) is 14.9 Å². The normalized spacial score (nSPS) is 10.7. The summed E-state index contributed by atoms with van der Waals surface area (Å²) in [6, 6.07) is 21.4. The molecule has 0 aliphatic heterocycles. The Labute approximate surface area is 236 Å². The number of nitro benzene ring substituents is 1. The summed E-state index contributed by atoms with van der Waals surface area (Å²) in [5.74, 6) is -2.06. The predicted octanol–water partition coefficient (Wildman–Crippen LogP) is 6.10. The summed E-state index contributed by atoms with van der Waals surface area (Å²) < 4.78 is 10.9. The van der Waals surface area contributed by atoms with Crippen LogP contribution in [0.3, 0.4) is 0 Å². The van der Waals surface area contributed by atoms with E-state index in [0.29, 0.717) is 10.0 Å². The van der Waals surface area contributed by atoms with Crippen LogP contribution in [0.4, 0.5) is 5.69 Å². The van der Waals surface area contributed by atoms with Crippen molar-refractivity contribution in [2.24, 2.45) is 5.10 Å². The lowest BCUT2D eigenvalue weighted by Crippen LogP contribution is -2.18. The van der Waals surface area contributed by atoms with Crippen molar-refractivity contribution in [1.82, 2.24) is 5.43 Å². The van der Waals surface area contributed by atoms with Crippen LogP contribution in [0.1, 0.15) is 36.6 Å². The lowest BCUT2D eigenvalue weighted by Gasteiger charge is -2.11. The highest BCUT2D eigenvalue weighted by molar-refractivity contribution is 6.31. The fourth-order valence-corrected chi connectivity index (χ4v) is 3.51. The topological polar surface area (TPSA) is 137 Å². The lowest BCUT2D eigenvalue weighted by atomic mass is 10.2. The van der Waals surface area contributed by atoms with Crippen LogP contribution in [0.5, 0.6) is 11.5 Å². The van der Waals surface area contributed by atoms with Crippen LogP contribution >= 0.6 is 23.2 Å². The number of nitrogens with zero attached hydrogens (tertiary/aromatic N) is 2. The van der Waals surface area contributed by atoms with Crippen molar-refractivity contribution in [2.45, 2.75) is 0 Å². The largest absolute Gasteiger partial charge is 0.423 e. The molecule has 0 saturated heterocycles. The smallest absolute Gasteiger partial charge is 0.343 e. The molecule has 0 spiro atoms. The van der Waals surface area contributed by atoms with Gasteiger partial charge in [0.2, 0.25) is 0 Å². The first-order chi connectivity index (χ1) is 19.2. The number of carbonyl (C=O) groups excluding carboxylic acids is 3. The predicted molar refractivity (Wildman–Crippen MR) is 147 cm³/mol. The molecule has 0 fully saturated rings. The number of nitro groups is 1. The van der Waals surface area contributed by atoms with Gasteiger partial charge in [0, 0.05) is 39.4 Å². The first-order valence-electron chi connectivity index (χ1n) is 11.4. The second-order valence-electron chi connectivity index (χ2n) is 8.00. The van der Waals surface area contributed by atoms with Crippen molar-refractivity contribution in [3.8, 4) is 11.5 Å². The van der Waals surface area contributed by atoms with Gasteiger partial charge in [0.1, 0.15) is 11.5 Å². The minimum atomic E-state index is -0.729. The highest BCUT2D eigenvalue weighted by Gasteiger charge is 2.16. The van der Waals surface area contributed by atoms with Gasteiger partial charge in [0.15, 0.2) is 0 Å². The molecule has 0 aliphatic rings. The van der Waals surface area contributed by atoms with Crippen LogP contribution in [0, 0.1) is 10.1 Å². The van der Waals surface area contributed by atoms with E-state index in [9.17, 15) is 24.5 Å². The van der Waals surface area contributed by atoms with Gasteiger partial charge in [0.05, 0.1) is 22.3 Å². The number of rotatable bonds is 8. The number of nitrogens with one attached hydrogen (secondary N) is 1. The van der Waals surface area contributed by atoms with Crippen molar-refractivity contribution in [1.29, 1.82) is 0 Å². The average molecular weight is 578 g/mol. The van der Waals surface area contributed by atoms with Gasteiger partial charge in [0.25, 0.3) is 11.6 Å². The zero-order chi connectivity index (χ0) is 28.6. The molecule has 0 bridgehead atoms. The van der Waals surface area contributed by atoms with Crippen LogP contribution in [0.15, 0.2) is 96.1 Å². The first-order valence-corrected chi connectivity index (χ1v) is 12.1. The maximum atomic E-state index is 12.8. The average Bonchev–Trinajstić information content (AvgIpc) is 2.94. The maximum Gasteiger partial charge on any atom is 0.343 e. The summed E-state index contributed by atoms with van der Waals surface area (Å²) in [5.41, 5.74) is 2.72. The van der Waals surface area contributed by atoms with E-state index in [2.05, 4.69) is 10.5 Å². The van der Waals surface area contributed by atoms with Gasteiger partial charge in [-0.15, -0.1) is 0 Å². The Balaban J connectivity index is 1.56. The molecule has 4 aromatic rings. The van der Waals surface area contributed by atoms with Gasteiger partial charge in [-0.1, -0.05) is 29.3 Å². The Morgan fingerprint density at radius 1 is 0.775 bits per heavy atom. The summed E-state index contributed by atoms with van der Waals surface area (Å²) in [6.07, 6.45) is 1.20. The number of ether oxygens (including phenoxy) is 2. The third-order valence-electron chi connectivity index (χ3n) is 5.25. The van der Waals surface area contributed by atoms with E-state index >= 15 is 0 Å². The van der Waals surface area contributed by atoms with Crippen LogP contribution in [0.2, 0.25) is 10.0 Å². The first kappa shape index (κ1) is 28.0. The third kappa shape index (κ3) is 7.28. The molecule has 10 nitrogen and oxygen atoms in total. The Morgan fingerprint density at radius 3 is 1.98 bits per heavy atom. The van der Waals surface area contributed by atoms with E-state index in [1.54, 1.807) is 12.1 Å². The molecule has 0 radical (unpaired) electrons. The van der Waals surface area contributed by atoms with Crippen LogP contribution < -0.4 is 14.9 Å². The van der Waals surface area contributed by atoms with Gasteiger partial charge in [-0.05, 0) is 66.7 Å². The molecule has 0 saturated carbocycles. The molecule has 4 aromatic carbocycles. The summed E-state index contributed by atoms with van der Waals surface area (Å²) in [7, 11) is 0. The fraction of sp³-hybridized carbons (Fsp3) is 0. The zero-order valence-electron chi connectivity index (χ0n) is 20.2. The lowest BCUT2D eigenvalue weighted by molar-refractivity contribution is -0.384. The Kier molecular flexibility index (Phi) is 8.85. The Bertz CT molecular complexity index is 1620. The number of halogens is 2. The number of non-ortho nitro benzene ring substituents is 1. The highest BCUT2D eigenvalue weighted by Crippen LogP contribution is 2.26. The van der Waals surface area contributed by atoms with Gasteiger partial charge >= 0.3 is 11.9 Å². The van der Waals surface area contributed by atoms with E-state index in [0.717, 1.165) is 6.07 Å². The highest BCUT2D eigenvalue weighted by atomic mass is 35.5. The third-order valence-corrected chi connectivity index (χ3v) is 5.75. The van der Waals surface area contributed by atoms with E-state index in [1.165, 1.54) is 79.0 Å². The molecule has 1 N–H and O–H groups in total. The standard InChI is InChI=1S/C28H17Cl2N3O7/c29-21-9-4-17(5-10-21)27(35)39-24-13-8-20(25(15-24)40-28(36)18-6-11-22(30)12-7-18)16-31-32-26(34)19-2-1-3-23(14-19)33(37)38/h1-16H,(H,32,34)/b31-16+. The fourth-order valence-electron chi connectivity index (χ4n) is 3.26. The van der Waals surface area contributed by atoms with Crippen molar-refractivity contribution in [2.75, 3.05) is 0 Å². The summed E-state index contributed by atoms with van der Waals surface area (Å²) in [6.45, 7) is 0. The van der Waals surface area contributed by atoms with E-state index in [1.807, 2.05) is 0 Å². The minimum Gasteiger partial charge on any atom is -0.423 e. The molecular formula is C28H17Cl2N3O7. The van der Waals surface area contributed by atoms with Crippen LogP contribution in [-0.2, 0) is 0 Å². The molecule has 200 valence electrons. The molecule has 12 heteroatoms. The number of hydrogen-bond acceptors (Lipinski definition) is 8. The molecule has 4 rings (SSSR count). The van der Waals surface area contributed by atoms with Gasteiger partial charge in [-0.2, -0.15) is 5.10 Å². The Hall–Kier alpha value is -5.06. The van der Waals surface area contributed by atoms with Gasteiger partial charge < -0.3 is 9.47 Å². The van der Waals surface area contributed by atoms with Crippen molar-refractivity contribution in [3.63, 3.8) is 0 Å². The summed E-state index contributed by atoms with van der Waals surface area (Å²) in [5, 5.41) is 15.7. The number of esters is 2. The molecule has 0 heterocycles. The summed E-state index contributed by atoms with van der Waals surface area (Å²) >= 11 is 11.8. The van der Waals surface area contributed by atoms with Crippen LogP contribution in [0.25, 0.3) is 0 Å². The quantitative estimate of drug-likeness (QED) is 0.0876. The molecule has 0 aromatic heterocycles. The molecule has 1 amide bonds. The van der Waals surface area contributed by atoms with E-state index in [4.69, 9.17) is 32.7 Å². The number of benzene rings is 4. The maximum absolute atomic E-state index is 12.8. The zero-order valence-corrected chi connectivity index (χ0v) is 21.8. The number of hydrazone groups is 1. The molecule has 40 heavy (non-hydrogen) atoms. The van der Waals surface area contributed by atoms with Crippen molar-refractivity contribution >= 4 is 52.9 Å². The summed E-state index contributed by atoms with van der Waals surface area (Å²) in [4.78, 5) is 48.1. The minimum absolute atomic E-state index is 0.0187. The molecule has 0 unspecified atom stereocenters. The van der Waals surface area contributed by atoms with E-state index in [-0.39, 0.29) is 39.4 Å². The van der Waals surface area contributed by atoms with Crippen molar-refractivity contribution < 1.29 is 28.8 Å².